The second-order valence-corrected chi connectivity index (χ2v) is 7.35. The van der Waals surface area contributed by atoms with Crippen molar-refractivity contribution in [3.63, 3.8) is 0 Å². The van der Waals surface area contributed by atoms with E-state index >= 15 is 0 Å². The number of halogens is 1. The summed E-state index contributed by atoms with van der Waals surface area (Å²) in [7, 11) is -0.725. The van der Waals surface area contributed by atoms with Gasteiger partial charge in [0.2, 0.25) is 5.91 Å². The molecule has 1 amide bonds. The van der Waals surface area contributed by atoms with Gasteiger partial charge in [0.25, 0.3) is 0 Å². The maximum absolute atomic E-state index is 14.2. The van der Waals surface area contributed by atoms with E-state index in [1.165, 1.54) is 32.4 Å². The molecular formula is C17H19FN2O5S. The number of hydrogen-bond acceptors (Lipinski definition) is 6. The number of rotatable bonds is 7. The van der Waals surface area contributed by atoms with Gasteiger partial charge < -0.3 is 20.1 Å². The van der Waals surface area contributed by atoms with Crippen molar-refractivity contribution in [2.75, 3.05) is 37.7 Å². The summed E-state index contributed by atoms with van der Waals surface area (Å²) < 4.78 is 47.5. The lowest BCUT2D eigenvalue weighted by atomic mass is 10.2. The van der Waals surface area contributed by atoms with E-state index in [1.807, 2.05) is 0 Å². The molecule has 0 unspecified atom stereocenters. The molecule has 2 aromatic carbocycles. The van der Waals surface area contributed by atoms with E-state index in [4.69, 9.17) is 9.47 Å². The maximum Gasteiger partial charge on any atom is 0.243 e. The highest BCUT2D eigenvalue weighted by Gasteiger charge is 2.17. The van der Waals surface area contributed by atoms with Crippen LogP contribution in [-0.4, -0.2) is 41.3 Å². The number of carbonyl (C=O) groups is 1. The molecule has 2 aromatic rings. The molecule has 2 N–H and O–H groups in total. The van der Waals surface area contributed by atoms with Crippen molar-refractivity contribution in [3.8, 4) is 11.5 Å². The molecule has 0 aliphatic heterocycles. The van der Waals surface area contributed by atoms with Crippen LogP contribution in [0.3, 0.4) is 0 Å². The van der Waals surface area contributed by atoms with Crippen LogP contribution in [0.2, 0.25) is 0 Å². The first-order valence-corrected chi connectivity index (χ1v) is 9.39. The number of sulfone groups is 1. The average Bonchev–Trinajstić information content (AvgIpc) is 2.59. The number of benzene rings is 2. The average molecular weight is 382 g/mol. The fourth-order valence-corrected chi connectivity index (χ4v) is 2.99. The highest BCUT2D eigenvalue weighted by atomic mass is 32.2. The zero-order valence-electron chi connectivity index (χ0n) is 14.5. The summed E-state index contributed by atoms with van der Waals surface area (Å²) >= 11 is 0. The Hall–Kier alpha value is -2.81. The number of amides is 1. The largest absolute Gasteiger partial charge is 0.493 e. The van der Waals surface area contributed by atoms with Gasteiger partial charge in [0.1, 0.15) is 4.90 Å². The molecule has 140 valence electrons. The maximum atomic E-state index is 14.2. The minimum Gasteiger partial charge on any atom is -0.493 e. The van der Waals surface area contributed by atoms with Crippen LogP contribution in [0.4, 0.5) is 15.8 Å². The van der Waals surface area contributed by atoms with Gasteiger partial charge in [-0.1, -0.05) is 6.07 Å². The molecule has 0 radical (unpaired) electrons. The quantitative estimate of drug-likeness (QED) is 0.763. The molecule has 0 aromatic heterocycles. The summed E-state index contributed by atoms with van der Waals surface area (Å²) in [5.41, 5.74) is 0.398. The number of carbonyl (C=O) groups excluding carboxylic acids is 1. The Morgan fingerprint density at radius 1 is 1.12 bits per heavy atom. The van der Waals surface area contributed by atoms with Crippen molar-refractivity contribution in [2.45, 2.75) is 4.90 Å². The molecule has 0 spiro atoms. The second kappa shape index (κ2) is 8.05. The van der Waals surface area contributed by atoms with Crippen LogP contribution in [0.5, 0.6) is 11.5 Å². The van der Waals surface area contributed by atoms with Crippen LogP contribution in [0.1, 0.15) is 0 Å². The molecule has 7 nitrogen and oxygen atoms in total. The summed E-state index contributed by atoms with van der Waals surface area (Å²) in [5.74, 6) is -0.399. The van der Waals surface area contributed by atoms with Crippen LogP contribution < -0.4 is 20.1 Å². The van der Waals surface area contributed by atoms with Crippen LogP contribution in [0, 0.1) is 5.82 Å². The number of nitrogens with one attached hydrogen (secondary N) is 2. The van der Waals surface area contributed by atoms with Gasteiger partial charge in [-0.05, 0) is 24.3 Å². The van der Waals surface area contributed by atoms with Crippen molar-refractivity contribution in [3.05, 3.63) is 42.2 Å². The van der Waals surface area contributed by atoms with Crippen molar-refractivity contribution >= 4 is 27.1 Å². The highest BCUT2D eigenvalue weighted by Crippen LogP contribution is 2.29. The van der Waals surface area contributed by atoms with Crippen LogP contribution in [-0.2, 0) is 14.6 Å². The van der Waals surface area contributed by atoms with E-state index < -0.39 is 26.5 Å². The molecule has 0 fully saturated rings. The summed E-state index contributed by atoms with van der Waals surface area (Å²) in [5, 5.41) is 5.21. The minimum atomic E-state index is -3.70. The zero-order valence-corrected chi connectivity index (χ0v) is 15.3. The zero-order chi connectivity index (χ0) is 19.3. The van der Waals surface area contributed by atoms with Crippen molar-refractivity contribution in [1.82, 2.24) is 0 Å². The highest BCUT2D eigenvalue weighted by molar-refractivity contribution is 7.90. The Balaban J connectivity index is 2.06. The number of ether oxygens (including phenoxy) is 2. The van der Waals surface area contributed by atoms with Gasteiger partial charge in [-0.2, -0.15) is 0 Å². The third-order valence-corrected chi connectivity index (χ3v) is 4.58. The van der Waals surface area contributed by atoms with E-state index in [1.54, 1.807) is 18.2 Å². The minimum absolute atomic E-state index is 0.0737. The van der Waals surface area contributed by atoms with Crippen molar-refractivity contribution < 1.29 is 27.1 Å². The summed E-state index contributed by atoms with van der Waals surface area (Å²) in [6.45, 7) is -0.252. The van der Waals surface area contributed by atoms with Gasteiger partial charge in [-0.25, -0.2) is 12.8 Å². The normalized spacial score (nSPS) is 10.9. The number of anilines is 2. The lowest BCUT2D eigenvalue weighted by Gasteiger charge is -2.12. The first-order valence-electron chi connectivity index (χ1n) is 7.50. The lowest BCUT2D eigenvalue weighted by molar-refractivity contribution is -0.114. The molecule has 0 bridgehead atoms. The molecule has 0 saturated heterocycles. The van der Waals surface area contributed by atoms with Gasteiger partial charge in [0, 0.05) is 18.0 Å². The Bertz CT molecular complexity index is 915. The van der Waals surface area contributed by atoms with E-state index in [0.29, 0.717) is 17.2 Å². The SMILES string of the molecule is COc1ccc(NC(=O)CNc2cccc(S(C)(=O)=O)c2F)cc1OC. The number of hydrogen-bond donors (Lipinski definition) is 2. The van der Waals surface area contributed by atoms with Gasteiger partial charge >= 0.3 is 0 Å². The first-order chi connectivity index (χ1) is 12.3. The topological polar surface area (TPSA) is 93.7 Å². The predicted molar refractivity (Wildman–Crippen MR) is 96.2 cm³/mol. The lowest BCUT2D eigenvalue weighted by Crippen LogP contribution is -2.22. The summed E-state index contributed by atoms with van der Waals surface area (Å²) in [4.78, 5) is 11.6. The molecule has 0 aliphatic carbocycles. The Kier molecular flexibility index (Phi) is 6.04. The van der Waals surface area contributed by atoms with Gasteiger partial charge in [-0.15, -0.1) is 0 Å². The van der Waals surface area contributed by atoms with E-state index in [-0.39, 0.29) is 12.2 Å². The van der Waals surface area contributed by atoms with Gasteiger partial charge in [-0.3, -0.25) is 4.79 Å². The predicted octanol–water partition coefficient (Wildman–Crippen LogP) is 2.30. The standard InChI is InChI=1S/C17H19FN2O5S/c1-24-13-8-7-11(9-14(13)25-2)20-16(21)10-19-12-5-4-6-15(17(12)18)26(3,22)23/h4-9,19H,10H2,1-3H3,(H,20,21). The van der Waals surface area contributed by atoms with Crippen molar-refractivity contribution in [2.24, 2.45) is 0 Å². The van der Waals surface area contributed by atoms with Crippen LogP contribution >= 0.6 is 0 Å². The van der Waals surface area contributed by atoms with E-state index in [0.717, 1.165) is 6.26 Å². The number of methoxy groups -OCH3 is 2. The molecule has 0 saturated carbocycles. The summed E-state index contributed by atoms with van der Waals surface area (Å²) in [6, 6.07) is 8.77. The second-order valence-electron chi connectivity index (χ2n) is 5.36. The van der Waals surface area contributed by atoms with E-state index in [9.17, 15) is 17.6 Å². The first kappa shape index (κ1) is 19.5. The Labute approximate surface area is 151 Å². The molecule has 0 heterocycles. The Morgan fingerprint density at radius 3 is 2.42 bits per heavy atom. The monoisotopic (exact) mass is 382 g/mol. The third-order valence-electron chi connectivity index (χ3n) is 3.47. The van der Waals surface area contributed by atoms with Gasteiger partial charge in [0.15, 0.2) is 27.2 Å². The fourth-order valence-electron chi connectivity index (χ4n) is 2.23. The fraction of sp³-hybridized carbons (Fsp3) is 0.235. The molecule has 9 heteroatoms. The molecule has 0 atom stereocenters. The summed E-state index contributed by atoms with van der Waals surface area (Å²) in [6.07, 6.45) is 0.916. The smallest absolute Gasteiger partial charge is 0.243 e. The molecular weight excluding hydrogens is 363 g/mol. The van der Waals surface area contributed by atoms with Crippen LogP contribution in [0.15, 0.2) is 41.3 Å². The Morgan fingerprint density at radius 2 is 1.81 bits per heavy atom. The molecule has 26 heavy (non-hydrogen) atoms. The van der Waals surface area contributed by atoms with Crippen LogP contribution in [0.25, 0.3) is 0 Å². The molecule has 2 rings (SSSR count). The molecule has 0 aliphatic rings. The third kappa shape index (κ3) is 4.63. The van der Waals surface area contributed by atoms with E-state index in [2.05, 4.69) is 10.6 Å². The van der Waals surface area contributed by atoms with Crippen molar-refractivity contribution in [1.29, 1.82) is 0 Å². The van der Waals surface area contributed by atoms with Gasteiger partial charge in [0.05, 0.1) is 26.5 Å².